The van der Waals surface area contributed by atoms with Crippen molar-refractivity contribution < 1.29 is 4.42 Å². The first kappa shape index (κ1) is 10.9. The highest BCUT2D eigenvalue weighted by molar-refractivity contribution is 7.80. The van der Waals surface area contributed by atoms with Gasteiger partial charge in [0.1, 0.15) is 5.58 Å². The highest BCUT2D eigenvalue weighted by Crippen LogP contribution is 2.18. The number of hydrogen-bond acceptors (Lipinski definition) is 3. The van der Waals surface area contributed by atoms with Gasteiger partial charge in [0.15, 0.2) is 0 Å². The van der Waals surface area contributed by atoms with E-state index in [1.54, 1.807) is 6.07 Å². The fourth-order valence-electron chi connectivity index (χ4n) is 1.09. The van der Waals surface area contributed by atoms with Crippen molar-refractivity contribution in [3.05, 3.63) is 40.8 Å². The van der Waals surface area contributed by atoms with Crippen molar-refractivity contribution in [2.24, 2.45) is 0 Å². The zero-order valence-electron chi connectivity index (χ0n) is 8.15. The van der Waals surface area contributed by atoms with Crippen LogP contribution in [0.3, 0.4) is 0 Å². The molecule has 1 aromatic heterocycles. The molecule has 0 saturated heterocycles. The van der Waals surface area contributed by atoms with Gasteiger partial charge in [0.25, 0.3) is 0 Å². The van der Waals surface area contributed by atoms with E-state index in [1.165, 1.54) is 6.07 Å². The number of thiol groups is 1. The van der Waals surface area contributed by atoms with E-state index in [9.17, 15) is 4.79 Å². The third-order valence-electron chi connectivity index (χ3n) is 1.63. The molecule has 0 aliphatic rings. The van der Waals surface area contributed by atoms with Crippen LogP contribution in [0.2, 0.25) is 0 Å². The minimum atomic E-state index is -0.362. The maximum absolute atomic E-state index is 10.9. The molecule has 0 saturated carbocycles. The zero-order valence-corrected chi connectivity index (χ0v) is 9.04. The van der Waals surface area contributed by atoms with Crippen LogP contribution in [-0.4, -0.2) is 0 Å². The summed E-state index contributed by atoms with van der Waals surface area (Å²) in [5.74, 6) is 0. The number of rotatable bonds is 0. The second kappa shape index (κ2) is 4.86. The van der Waals surface area contributed by atoms with Gasteiger partial charge in [0, 0.05) is 16.3 Å². The first-order chi connectivity index (χ1) is 6.77. The van der Waals surface area contributed by atoms with Gasteiger partial charge in [-0.2, -0.15) is 0 Å². The molecular formula is C11H12O2S. The van der Waals surface area contributed by atoms with Crippen molar-refractivity contribution in [2.45, 2.75) is 18.7 Å². The molecule has 0 N–H and O–H groups in total. The van der Waals surface area contributed by atoms with Crippen LogP contribution in [0.25, 0.3) is 11.0 Å². The smallest absolute Gasteiger partial charge is 0.337 e. The minimum Gasteiger partial charge on any atom is -0.423 e. The topological polar surface area (TPSA) is 30.2 Å². The predicted octanol–water partition coefficient (Wildman–Crippen LogP) is 3.11. The Morgan fingerprint density at radius 2 is 1.86 bits per heavy atom. The Hall–Kier alpha value is -1.22. The van der Waals surface area contributed by atoms with E-state index >= 15 is 0 Å². The molecule has 0 radical (unpaired) electrons. The summed E-state index contributed by atoms with van der Waals surface area (Å²) in [5.41, 5.74) is 0.216. The Morgan fingerprint density at radius 3 is 2.57 bits per heavy atom. The number of hydrogen-bond donors (Lipinski definition) is 1. The van der Waals surface area contributed by atoms with E-state index in [0.717, 1.165) is 5.39 Å². The van der Waals surface area contributed by atoms with Crippen LogP contribution in [0, 0.1) is 0 Å². The molecule has 1 heterocycles. The SMILES string of the molecule is CC.O=c1cc(S)c2ccccc2o1. The van der Waals surface area contributed by atoms with Gasteiger partial charge in [-0.15, -0.1) is 12.6 Å². The van der Waals surface area contributed by atoms with Gasteiger partial charge in [-0.3, -0.25) is 0 Å². The predicted molar refractivity (Wildman–Crippen MR) is 61.1 cm³/mol. The third kappa shape index (κ3) is 2.17. The van der Waals surface area contributed by atoms with E-state index in [0.29, 0.717) is 10.5 Å². The van der Waals surface area contributed by atoms with Gasteiger partial charge in [-0.1, -0.05) is 32.0 Å². The quantitative estimate of drug-likeness (QED) is 0.532. The number of para-hydroxylation sites is 1. The van der Waals surface area contributed by atoms with Gasteiger partial charge < -0.3 is 4.42 Å². The zero-order chi connectivity index (χ0) is 10.6. The van der Waals surface area contributed by atoms with Crippen molar-refractivity contribution in [3.8, 4) is 0 Å². The van der Waals surface area contributed by atoms with Crippen molar-refractivity contribution in [3.63, 3.8) is 0 Å². The summed E-state index contributed by atoms with van der Waals surface area (Å²) in [6.07, 6.45) is 0. The maximum Gasteiger partial charge on any atom is 0.337 e. The van der Waals surface area contributed by atoms with Gasteiger partial charge >= 0.3 is 5.63 Å². The maximum atomic E-state index is 10.9. The summed E-state index contributed by atoms with van der Waals surface area (Å²) in [6.45, 7) is 4.00. The largest absolute Gasteiger partial charge is 0.423 e. The molecule has 2 rings (SSSR count). The third-order valence-corrected chi connectivity index (χ3v) is 2.00. The molecule has 0 unspecified atom stereocenters. The lowest BCUT2D eigenvalue weighted by Gasteiger charge is -1.96. The van der Waals surface area contributed by atoms with E-state index in [2.05, 4.69) is 12.6 Å². The Labute approximate surface area is 88.0 Å². The van der Waals surface area contributed by atoms with E-state index < -0.39 is 0 Å². The number of fused-ring (bicyclic) bond motifs is 1. The van der Waals surface area contributed by atoms with Gasteiger partial charge in [0.2, 0.25) is 0 Å². The Kier molecular flexibility index (Phi) is 3.77. The summed E-state index contributed by atoms with van der Waals surface area (Å²) in [6, 6.07) is 8.67. The average Bonchev–Trinajstić information content (AvgIpc) is 2.20. The Morgan fingerprint density at radius 1 is 1.21 bits per heavy atom. The molecule has 2 aromatic rings. The average molecular weight is 208 g/mol. The summed E-state index contributed by atoms with van der Waals surface area (Å²) < 4.78 is 4.94. The second-order valence-electron chi connectivity index (χ2n) is 2.45. The van der Waals surface area contributed by atoms with Crippen LogP contribution in [-0.2, 0) is 0 Å². The van der Waals surface area contributed by atoms with Crippen LogP contribution in [0.5, 0.6) is 0 Å². The molecule has 0 fully saturated rings. The van der Waals surface area contributed by atoms with E-state index in [-0.39, 0.29) is 5.63 Å². The summed E-state index contributed by atoms with van der Waals surface area (Å²) in [4.78, 5) is 11.5. The Balaban J connectivity index is 0.000000461. The van der Waals surface area contributed by atoms with Crippen molar-refractivity contribution >= 4 is 23.6 Å². The molecule has 0 aliphatic carbocycles. The van der Waals surface area contributed by atoms with Crippen LogP contribution < -0.4 is 5.63 Å². The molecule has 0 atom stereocenters. The van der Waals surface area contributed by atoms with Crippen LogP contribution in [0.1, 0.15) is 13.8 Å². The normalized spacial score (nSPS) is 9.36. The van der Waals surface area contributed by atoms with Crippen LogP contribution in [0.4, 0.5) is 0 Å². The van der Waals surface area contributed by atoms with Crippen molar-refractivity contribution in [1.29, 1.82) is 0 Å². The molecule has 14 heavy (non-hydrogen) atoms. The summed E-state index contributed by atoms with van der Waals surface area (Å²) >= 11 is 4.16. The van der Waals surface area contributed by atoms with Crippen LogP contribution >= 0.6 is 12.6 Å². The fraction of sp³-hybridized carbons (Fsp3) is 0.182. The molecule has 2 nitrogen and oxygen atoms in total. The summed E-state index contributed by atoms with van der Waals surface area (Å²) in [5, 5.41) is 0.862. The standard InChI is InChI=1S/C9H6O2S.C2H6/c10-9-5-8(12)6-3-1-2-4-7(6)11-9;1-2/h1-5,12H;1-2H3. The molecule has 0 amide bonds. The molecule has 0 aliphatic heterocycles. The highest BCUT2D eigenvalue weighted by atomic mass is 32.1. The fourth-order valence-corrected chi connectivity index (χ4v) is 1.38. The molecule has 0 bridgehead atoms. The molecule has 74 valence electrons. The Bertz CT molecular complexity index is 474. The van der Waals surface area contributed by atoms with Crippen LogP contribution in [0.15, 0.2) is 44.4 Å². The van der Waals surface area contributed by atoms with Gasteiger partial charge in [-0.05, 0) is 6.07 Å². The lowest BCUT2D eigenvalue weighted by Crippen LogP contribution is -1.95. The second-order valence-corrected chi connectivity index (χ2v) is 2.93. The molecule has 3 heteroatoms. The van der Waals surface area contributed by atoms with Crippen molar-refractivity contribution in [2.75, 3.05) is 0 Å². The lowest BCUT2D eigenvalue weighted by atomic mass is 10.2. The number of benzene rings is 1. The highest BCUT2D eigenvalue weighted by Gasteiger charge is 1.99. The molecular weight excluding hydrogens is 196 g/mol. The summed E-state index contributed by atoms with van der Waals surface area (Å²) in [7, 11) is 0. The first-order valence-electron chi connectivity index (χ1n) is 4.49. The molecule has 1 aromatic carbocycles. The monoisotopic (exact) mass is 208 g/mol. The van der Waals surface area contributed by atoms with E-state index in [4.69, 9.17) is 4.42 Å². The minimum absolute atomic E-state index is 0.362. The van der Waals surface area contributed by atoms with E-state index in [1.807, 2.05) is 32.0 Å². The first-order valence-corrected chi connectivity index (χ1v) is 4.94. The van der Waals surface area contributed by atoms with Crippen molar-refractivity contribution in [1.82, 2.24) is 0 Å². The van der Waals surface area contributed by atoms with Gasteiger partial charge in [0.05, 0.1) is 0 Å². The molecule has 0 spiro atoms. The van der Waals surface area contributed by atoms with Gasteiger partial charge in [-0.25, -0.2) is 4.79 Å². The lowest BCUT2D eigenvalue weighted by molar-refractivity contribution is 0.557.